The molecule has 0 amide bonds. The van der Waals surface area contributed by atoms with Crippen LogP contribution in [0.2, 0.25) is 0 Å². The summed E-state index contributed by atoms with van der Waals surface area (Å²) in [7, 11) is 1.67. The number of aromatic nitrogens is 2. The third-order valence-corrected chi connectivity index (χ3v) is 3.76. The van der Waals surface area contributed by atoms with Crippen molar-refractivity contribution in [3.63, 3.8) is 0 Å². The van der Waals surface area contributed by atoms with Gasteiger partial charge in [0.05, 0.1) is 24.0 Å². The largest absolute Gasteiger partial charge is 0.497 e. The van der Waals surface area contributed by atoms with Crippen molar-refractivity contribution in [2.75, 3.05) is 7.11 Å². The van der Waals surface area contributed by atoms with Crippen molar-refractivity contribution in [3.8, 4) is 5.75 Å². The number of methoxy groups -OCH3 is 1. The molecule has 1 aromatic heterocycles. The number of hydrogen-bond donors (Lipinski definition) is 0. The molecule has 1 heterocycles. The lowest BCUT2D eigenvalue weighted by molar-refractivity contribution is 0.326. The average Bonchev–Trinajstić information content (AvgIpc) is 2.76. The number of nitrogens with zero attached hydrogens (tertiary/aromatic N) is 2. The number of alkyl halides is 1. The van der Waals surface area contributed by atoms with Crippen molar-refractivity contribution in [1.82, 2.24) is 9.55 Å². The van der Waals surface area contributed by atoms with E-state index in [1.54, 1.807) is 7.11 Å². The van der Waals surface area contributed by atoms with Gasteiger partial charge in [-0.1, -0.05) is 13.3 Å². The van der Waals surface area contributed by atoms with E-state index in [2.05, 4.69) is 36.4 Å². The lowest BCUT2D eigenvalue weighted by atomic mass is 9.98. The van der Waals surface area contributed by atoms with E-state index < -0.39 is 0 Å². The van der Waals surface area contributed by atoms with Crippen LogP contribution < -0.4 is 4.74 Å². The Morgan fingerprint density at radius 3 is 2.68 bits per heavy atom. The molecule has 2 aromatic rings. The van der Waals surface area contributed by atoms with Crippen molar-refractivity contribution in [1.29, 1.82) is 0 Å². The monoisotopic (exact) mass is 280 g/mol. The molecule has 0 atom stereocenters. The van der Waals surface area contributed by atoms with Crippen LogP contribution in [0.15, 0.2) is 18.2 Å². The normalized spacial score (nSPS) is 12.1. The fraction of sp³-hybridized carbons (Fsp3) is 0.533. The molecule has 0 aliphatic rings. The van der Waals surface area contributed by atoms with E-state index >= 15 is 0 Å². The maximum Gasteiger partial charge on any atom is 0.125 e. The van der Waals surface area contributed by atoms with E-state index in [0.717, 1.165) is 35.4 Å². The van der Waals surface area contributed by atoms with E-state index in [4.69, 9.17) is 16.3 Å². The van der Waals surface area contributed by atoms with Gasteiger partial charge in [0.2, 0.25) is 0 Å². The van der Waals surface area contributed by atoms with Crippen molar-refractivity contribution < 1.29 is 4.74 Å². The molecule has 0 N–H and O–H groups in total. The summed E-state index contributed by atoms with van der Waals surface area (Å²) in [6.45, 7) is 6.67. The fourth-order valence-electron chi connectivity index (χ4n) is 2.73. The van der Waals surface area contributed by atoms with E-state index in [-0.39, 0.29) is 5.54 Å². The highest BCUT2D eigenvalue weighted by molar-refractivity contribution is 6.16. The summed E-state index contributed by atoms with van der Waals surface area (Å²) >= 11 is 6.07. The molecule has 0 bridgehead atoms. The molecule has 0 saturated carbocycles. The number of ether oxygens (including phenoxy) is 1. The number of hydrogen-bond acceptors (Lipinski definition) is 2. The van der Waals surface area contributed by atoms with E-state index in [1.807, 2.05) is 12.1 Å². The van der Waals surface area contributed by atoms with Gasteiger partial charge in [-0.25, -0.2) is 4.98 Å². The molecule has 2 rings (SSSR count). The second-order valence-corrected chi connectivity index (χ2v) is 5.68. The minimum absolute atomic E-state index is 0.0162. The van der Waals surface area contributed by atoms with Crippen LogP contribution in [-0.4, -0.2) is 16.7 Å². The highest BCUT2D eigenvalue weighted by Gasteiger charge is 2.25. The lowest BCUT2D eigenvalue weighted by Crippen LogP contribution is -2.27. The zero-order valence-electron chi connectivity index (χ0n) is 12.0. The molecule has 0 aliphatic carbocycles. The van der Waals surface area contributed by atoms with Crippen molar-refractivity contribution in [2.24, 2.45) is 0 Å². The van der Waals surface area contributed by atoms with Crippen molar-refractivity contribution >= 4 is 22.6 Å². The van der Waals surface area contributed by atoms with Gasteiger partial charge in [-0.05, 0) is 32.4 Å². The summed E-state index contributed by atoms with van der Waals surface area (Å²) in [5.41, 5.74) is 2.08. The topological polar surface area (TPSA) is 27.1 Å². The molecular formula is C15H21ClN2O. The average molecular weight is 281 g/mol. The molecule has 0 unspecified atom stereocenters. The third kappa shape index (κ3) is 2.57. The Balaban J connectivity index is 2.64. The molecule has 4 heteroatoms. The zero-order chi connectivity index (χ0) is 14.0. The van der Waals surface area contributed by atoms with Crippen LogP contribution in [0.4, 0.5) is 0 Å². The number of fused-ring (bicyclic) bond motifs is 1. The Bertz CT molecular complexity index is 575. The molecule has 0 aliphatic heterocycles. The summed E-state index contributed by atoms with van der Waals surface area (Å²) in [6, 6.07) is 6.00. The highest BCUT2D eigenvalue weighted by atomic mass is 35.5. The quantitative estimate of drug-likeness (QED) is 0.763. The lowest BCUT2D eigenvalue weighted by Gasteiger charge is -2.29. The Kier molecular flexibility index (Phi) is 4.04. The van der Waals surface area contributed by atoms with Gasteiger partial charge in [-0.3, -0.25) is 0 Å². The minimum Gasteiger partial charge on any atom is -0.497 e. The number of benzene rings is 1. The smallest absolute Gasteiger partial charge is 0.125 e. The standard InChI is InChI=1S/C15H21ClN2O/c1-5-8-15(2,3)18-13-7-6-11(19-4)9-12(13)17-14(18)10-16/h6-7,9H,5,8,10H2,1-4H3. The van der Waals surface area contributed by atoms with Crippen LogP contribution in [0.5, 0.6) is 5.75 Å². The van der Waals surface area contributed by atoms with Gasteiger partial charge in [0.15, 0.2) is 0 Å². The van der Waals surface area contributed by atoms with Crippen LogP contribution >= 0.6 is 11.6 Å². The maximum atomic E-state index is 6.07. The minimum atomic E-state index is 0.0162. The first kappa shape index (κ1) is 14.2. The van der Waals surface area contributed by atoms with Crippen LogP contribution in [0.25, 0.3) is 11.0 Å². The first-order chi connectivity index (χ1) is 9.03. The Labute approximate surface area is 119 Å². The van der Waals surface area contributed by atoms with E-state index in [0.29, 0.717) is 5.88 Å². The van der Waals surface area contributed by atoms with Crippen LogP contribution in [0.1, 0.15) is 39.4 Å². The van der Waals surface area contributed by atoms with Gasteiger partial charge in [-0.15, -0.1) is 11.6 Å². The molecule has 19 heavy (non-hydrogen) atoms. The summed E-state index contributed by atoms with van der Waals surface area (Å²) in [4.78, 5) is 4.64. The Hall–Kier alpha value is -1.22. The predicted octanol–water partition coefficient (Wildman–Crippen LogP) is 4.32. The summed E-state index contributed by atoms with van der Waals surface area (Å²) in [6.07, 6.45) is 2.22. The van der Waals surface area contributed by atoms with Gasteiger partial charge in [0, 0.05) is 11.6 Å². The SMILES string of the molecule is CCCC(C)(C)n1c(CCl)nc2cc(OC)ccc21. The summed E-state index contributed by atoms with van der Waals surface area (Å²) < 4.78 is 7.52. The number of imidazole rings is 1. The molecular weight excluding hydrogens is 260 g/mol. The Morgan fingerprint density at radius 2 is 2.11 bits per heavy atom. The van der Waals surface area contributed by atoms with Crippen molar-refractivity contribution in [3.05, 3.63) is 24.0 Å². The van der Waals surface area contributed by atoms with Gasteiger partial charge in [-0.2, -0.15) is 0 Å². The van der Waals surface area contributed by atoms with Crippen LogP contribution in [0.3, 0.4) is 0 Å². The third-order valence-electron chi connectivity index (χ3n) is 3.52. The molecule has 104 valence electrons. The molecule has 0 saturated heterocycles. The fourth-order valence-corrected chi connectivity index (χ4v) is 2.90. The zero-order valence-corrected chi connectivity index (χ0v) is 12.8. The summed E-state index contributed by atoms with van der Waals surface area (Å²) in [5, 5.41) is 0. The van der Waals surface area contributed by atoms with Gasteiger partial charge < -0.3 is 9.30 Å². The predicted molar refractivity (Wildman–Crippen MR) is 80.1 cm³/mol. The van der Waals surface area contributed by atoms with Gasteiger partial charge in [0.25, 0.3) is 0 Å². The first-order valence-corrected chi connectivity index (χ1v) is 7.18. The molecule has 0 radical (unpaired) electrons. The molecule has 0 fully saturated rings. The maximum absolute atomic E-state index is 6.07. The molecule has 1 aromatic carbocycles. The molecule has 0 spiro atoms. The second kappa shape index (κ2) is 5.41. The van der Waals surface area contributed by atoms with E-state index in [9.17, 15) is 0 Å². The second-order valence-electron chi connectivity index (χ2n) is 5.41. The van der Waals surface area contributed by atoms with Gasteiger partial charge in [0.1, 0.15) is 11.6 Å². The van der Waals surface area contributed by atoms with Crippen LogP contribution in [-0.2, 0) is 11.4 Å². The number of rotatable bonds is 5. The van der Waals surface area contributed by atoms with E-state index in [1.165, 1.54) is 0 Å². The number of halogens is 1. The Morgan fingerprint density at radius 1 is 1.37 bits per heavy atom. The van der Waals surface area contributed by atoms with Crippen LogP contribution in [0, 0.1) is 0 Å². The molecule has 3 nitrogen and oxygen atoms in total. The highest BCUT2D eigenvalue weighted by Crippen LogP contribution is 2.31. The summed E-state index contributed by atoms with van der Waals surface area (Å²) in [5.74, 6) is 2.17. The first-order valence-electron chi connectivity index (χ1n) is 6.65. The van der Waals surface area contributed by atoms with Crippen molar-refractivity contribution in [2.45, 2.75) is 45.0 Å². The van der Waals surface area contributed by atoms with Gasteiger partial charge >= 0.3 is 0 Å².